The number of benzene rings is 1. The number of hydrogen-bond donors (Lipinski definition) is 9. The van der Waals surface area contributed by atoms with E-state index in [-0.39, 0.29) is 43.9 Å². The number of hydrogen-bond acceptors (Lipinski definition) is 10. The maximum Gasteiger partial charge on any atom is 0.326 e. The second-order valence-corrected chi connectivity index (χ2v) is 17.3. The van der Waals surface area contributed by atoms with Crippen LogP contribution >= 0.6 is 11.8 Å². The summed E-state index contributed by atoms with van der Waals surface area (Å²) in [4.78, 5) is 99.3. The first-order valence-corrected chi connectivity index (χ1v) is 23.3. The molecule has 1 aromatic carbocycles. The second-order valence-electron chi connectivity index (χ2n) is 16.3. The van der Waals surface area contributed by atoms with Crippen LogP contribution in [0.4, 0.5) is 0 Å². The lowest BCUT2D eigenvalue weighted by Gasteiger charge is -2.26. The predicted molar refractivity (Wildman–Crippen MR) is 238 cm³/mol. The Hall–Kier alpha value is -4.71. The van der Waals surface area contributed by atoms with Crippen LogP contribution in [0.3, 0.4) is 0 Å². The minimum absolute atomic E-state index is 0.0105. The van der Waals surface area contributed by atoms with Crippen LogP contribution in [0.25, 0.3) is 0 Å². The van der Waals surface area contributed by atoms with Crippen LogP contribution in [0, 0.1) is 5.92 Å². The van der Waals surface area contributed by atoms with Crippen molar-refractivity contribution >= 4 is 59.1 Å². The number of primary amides is 1. The van der Waals surface area contributed by atoms with E-state index in [0.717, 1.165) is 64.2 Å². The molecule has 0 bridgehead atoms. The summed E-state index contributed by atoms with van der Waals surface area (Å²) < 4.78 is 0. The van der Waals surface area contributed by atoms with E-state index in [2.05, 4.69) is 26.6 Å². The predicted octanol–water partition coefficient (Wildman–Crippen LogP) is 3.34. The Kier molecular flexibility index (Phi) is 28.6. The van der Waals surface area contributed by atoms with Crippen molar-refractivity contribution in [2.24, 2.45) is 11.7 Å². The highest BCUT2D eigenvalue weighted by Crippen LogP contribution is 2.14. The van der Waals surface area contributed by atoms with Crippen LogP contribution in [0.15, 0.2) is 30.3 Å². The molecule has 0 spiro atoms. The van der Waals surface area contributed by atoms with Gasteiger partial charge in [-0.25, -0.2) is 9.59 Å². The number of aliphatic hydroxyl groups excluding tert-OH is 1. The molecule has 17 nitrogen and oxygen atoms in total. The van der Waals surface area contributed by atoms with Gasteiger partial charge in [0.15, 0.2) is 0 Å². The number of amides is 6. The molecule has 6 atom stereocenters. The SMILES string of the molecule is CSCC[C@H](NC(=O)[C@H](CC(C)C)NC(=O)[C@@H](NC(=O)CCCCCCCCCCCCCCC(=O)N[C@@H](CC(N)=O)C(=O)N[C@@H](Cc1ccccc1)C(=O)O)C(C)O)C(=O)O. The third-order valence-corrected chi connectivity index (χ3v) is 10.8. The third-order valence-electron chi connectivity index (χ3n) is 10.2. The number of nitrogens with two attached hydrogens (primary N) is 1. The highest BCUT2D eigenvalue weighted by Gasteiger charge is 2.32. The zero-order valence-corrected chi connectivity index (χ0v) is 37.8. The lowest BCUT2D eigenvalue weighted by atomic mass is 10.0. The standard InChI is InChI=1S/C44H72N6O11S/c1-29(2)26-33(40(55)47-32(43(58)59)24-25-62-4)48-42(57)39(30(3)51)50-38(54)23-19-14-12-10-8-6-5-7-9-11-13-18-22-37(53)46-34(28-36(45)52)41(56)49-35(44(60)61)27-31-20-16-15-17-21-31/h15-17,20-21,29-30,32-35,39,51H,5-14,18-19,22-28H2,1-4H3,(H2,45,52)(H,46,53)(H,47,55)(H,48,57)(H,49,56)(H,50,54)(H,58,59)(H,60,61)/t30?,32-,33-,34-,35-,39-/m0/s1. The molecule has 0 aliphatic carbocycles. The fourth-order valence-corrected chi connectivity index (χ4v) is 7.19. The molecule has 10 N–H and O–H groups in total. The molecular weight excluding hydrogens is 821 g/mol. The van der Waals surface area contributed by atoms with E-state index in [9.17, 15) is 53.7 Å². The van der Waals surface area contributed by atoms with Crippen molar-refractivity contribution in [1.82, 2.24) is 26.6 Å². The van der Waals surface area contributed by atoms with Crippen molar-refractivity contribution in [3.05, 3.63) is 35.9 Å². The van der Waals surface area contributed by atoms with E-state index >= 15 is 0 Å². The number of unbranched alkanes of at least 4 members (excludes halogenated alkanes) is 11. The van der Waals surface area contributed by atoms with Gasteiger partial charge >= 0.3 is 11.9 Å². The summed E-state index contributed by atoms with van der Waals surface area (Å²) in [5, 5.41) is 42.1. The summed E-state index contributed by atoms with van der Waals surface area (Å²) in [6.45, 7) is 5.09. The number of nitrogens with one attached hydrogen (secondary N) is 5. The highest BCUT2D eigenvalue weighted by molar-refractivity contribution is 7.98. The first-order chi connectivity index (χ1) is 29.4. The Bertz CT molecular complexity index is 1550. The molecule has 18 heteroatoms. The van der Waals surface area contributed by atoms with E-state index in [1.807, 2.05) is 20.1 Å². The van der Waals surface area contributed by atoms with Gasteiger partial charge in [-0.05, 0) is 56.1 Å². The van der Waals surface area contributed by atoms with Crippen molar-refractivity contribution in [1.29, 1.82) is 0 Å². The molecule has 62 heavy (non-hydrogen) atoms. The van der Waals surface area contributed by atoms with Crippen LogP contribution in [0.5, 0.6) is 0 Å². The molecule has 0 heterocycles. The average Bonchev–Trinajstić information content (AvgIpc) is 3.20. The molecule has 0 fully saturated rings. The molecule has 350 valence electrons. The van der Waals surface area contributed by atoms with Gasteiger partial charge in [-0.15, -0.1) is 0 Å². The smallest absolute Gasteiger partial charge is 0.326 e. The Morgan fingerprint density at radius 1 is 0.597 bits per heavy atom. The fourth-order valence-electron chi connectivity index (χ4n) is 6.72. The molecule has 0 aliphatic rings. The maximum atomic E-state index is 13.1. The van der Waals surface area contributed by atoms with Gasteiger partial charge in [-0.2, -0.15) is 11.8 Å². The Morgan fingerprint density at radius 2 is 1.05 bits per heavy atom. The van der Waals surface area contributed by atoms with Gasteiger partial charge in [0.25, 0.3) is 0 Å². The zero-order valence-electron chi connectivity index (χ0n) is 37.0. The Labute approximate surface area is 370 Å². The van der Waals surface area contributed by atoms with Gasteiger partial charge in [0.05, 0.1) is 12.5 Å². The molecule has 0 aliphatic heterocycles. The van der Waals surface area contributed by atoms with Gasteiger partial charge in [-0.1, -0.05) is 108 Å². The zero-order chi connectivity index (χ0) is 46.5. The Morgan fingerprint density at radius 3 is 1.50 bits per heavy atom. The fraction of sp³-hybridized carbons (Fsp3) is 0.682. The normalized spacial score (nSPS) is 14.0. The van der Waals surface area contributed by atoms with Crippen molar-refractivity contribution in [3.63, 3.8) is 0 Å². The largest absolute Gasteiger partial charge is 0.480 e. The quantitative estimate of drug-likeness (QED) is 0.0444. The average molecular weight is 893 g/mol. The van der Waals surface area contributed by atoms with Crippen molar-refractivity contribution in [3.8, 4) is 0 Å². The van der Waals surface area contributed by atoms with Gasteiger partial charge < -0.3 is 47.6 Å². The number of aliphatic carboxylic acids is 2. The van der Waals surface area contributed by atoms with Crippen molar-refractivity contribution in [2.45, 2.75) is 173 Å². The molecule has 0 saturated heterocycles. The molecule has 0 saturated carbocycles. The minimum Gasteiger partial charge on any atom is -0.480 e. The molecule has 0 radical (unpaired) electrons. The maximum absolute atomic E-state index is 13.1. The molecule has 6 amide bonds. The second kappa shape index (κ2) is 32.0. The number of carbonyl (C=O) groups excluding carboxylic acids is 6. The molecule has 0 aromatic heterocycles. The number of carboxylic acid groups (broad SMARTS) is 2. The van der Waals surface area contributed by atoms with Crippen LogP contribution in [0.2, 0.25) is 0 Å². The summed E-state index contributed by atoms with van der Waals surface area (Å²) in [7, 11) is 0. The monoisotopic (exact) mass is 892 g/mol. The third kappa shape index (κ3) is 25.3. The summed E-state index contributed by atoms with van der Waals surface area (Å²) in [6, 6.07) is 2.82. The van der Waals surface area contributed by atoms with Crippen molar-refractivity contribution < 1.29 is 53.7 Å². The number of carbonyl (C=O) groups is 8. The van der Waals surface area contributed by atoms with Gasteiger partial charge in [-0.3, -0.25) is 28.8 Å². The minimum atomic E-state index is -1.28. The number of carboxylic acids is 2. The van der Waals surface area contributed by atoms with Crippen LogP contribution in [-0.2, 0) is 44.8 Å². The van der Waals surface area contributed by atoms with Crippen molar-refractivity contribution in [2.75, 3.05) is 12.0 Å². The molecule has 1 aromatic rings. The first kappa shape index (κ1) is 55.3. The molecule has 1 unspecified atom stereocenters. The Balaban J connectivity index is 2.30. The van der Waals surface area contributed by atoms with Crippen LogP contribution in [-0.4, -0.2) is 111 Å². The number of thioether (sulfide) groups is 1. The summed E-state index contributed by atoms with van der Waals surface area (Å²) >= 11 is 1.45. The van der Waals surface area contributed by atoms with Crippen LogP contribution < -0.4 is 32.3 Å². The van der Waals surface area contributed by atoms with Crippen LogP contribution in [0.1, 0.15) is 135 Å². The van der Waals surface area contributed by atoms with Gasteiger partial charge in [0, 0.05) is 19.3 Å². The summed E-state index contributed by atoms with van der Waals surface area (Å²) in [5.41, 5.74) is 6.00. The lowest BCUT2D eigenvalue weighted by molar-refractivity contribution is -0.143. The number of aliphatic hydroxyl groups is 1. The summed E-state index contributed by atoms with van der Waals surface area (Å²) in [6.07, 6.45) is 12.0. The van der Waals surface area contributed by atoms with Gasteiger partial charge in [0.2, 0.25) is 35.4 Å². The van der Waals surface area contributed by atoms with Gasteiger partial charge in [0.1, 0.15) is 30.2 Å². The van der Waals surface area contributed by atoms with E-state index in [0.29, 0.717) is 24.2 Å². The lowest BCUT2D eigenvalue weighted by Crippen LogP contribution is -2.58. The van der Waals surface area contributed by atoms with E-state index in [1.165, 1.54) is 18.7 Å². The van der Waals surface area contributed by atoms with E-state index < -0.39 is 84.2 Å². The number of rotatable bonds is 35. The summed E-state index contributed by atoms with van der Waals surface area (Å²) in [5.74, 6) is -5.65. The topological polar surface area (TPSA) is 283 Å². The molecule has 1 rings (SSSR count). The first-order valence-electron chi connectivity index (χ1n) is 21.9. The molecular formula is C44H72N6O11S. The van der Waals surface area contributed by atoms with E-state index in [4.69, 9.17) is 5.73 Å². The van der Waals surface area contributed by atoms with E-state index in [1.54, 1.807) is 30.3 Å². The highest BCUT2D eigenvalue weighted by atomic mass is 32.2.